The third kappa shape index (κ3) is 4.83. The third-order valence-corrected chi connectivity index (χ3v) is 16.9. The van der Waals surface area contributed by atoms with Crippen LogP contribution < -0.4 is 24.8 Å². The monoisotopic (exact) mass is 598 g/mol. The Bertz CT molecular complexity index is 1430. The van der Waals surface area contributed by atoms with Crippen molar-refractivity contribution in [2.24, 2.45) is 5.92 Å². The van der Waals surface area contributed by atoms with Gasteiger partial charge in [-0.2, -0.15) is 0 Å². The topological polar surface area (TPSA) is 0 Å². The molecule has 0 bridgehead atoms. The minimum absolute atomic E-state index is 0. The van der Waals surface area contributed by atoms with E-state index >= 15 is 0 Å². The number of hydrogen-bond acceptors (Lipinski definition) is 0. The Labute approximate surface area is 241 Å². The van der Waals surface area contributed by atoms with Crippen molar-refractivity contribution < 1.29 is 46.1 Å². The van der Waals surface area contributed by atoms with Gasteiger partial charge in [0.1, 0.15) is 0 Å². The molecule has 0 radical (unpaired) electrons. The molecule has 0 heterocycles. The molecule has 37 heavy (non-hydrogen) atoms. The maximum absolute atomic E-state index is 2.63. The summed E-state index contributed by atoms with van der Waals surface area (Å²) in [5.41, 5.74) is 11.7. The van der Waals surface area contributed by atoms with Crippen molar-refractivity contribution in [1.82, 2.24) is 0 Å². The molecular formula is C34H30Cl2Zr. The summed E-state index contributed by atoms with van der Waals surface area (Å²) in [5, 5.41) is 0. The zero-order valence-electron chi connectivity index (χ0n) is 21.4. The second-order valence-electron chi connectivity index (χ2n) is 9.81. The molecule has 6 rings (SSSR count). The molecule has 0 saturated heterocycles. The predicted molar refractivity (Wildman–Crippen MR) is 145 cm³/mol. The Morgan fingerprint density at radius 3 is 1.46 bits per heavy atom. The summed E-state index contributed by atoms with van der Waals surface area (Å²) in [6.07, 6.45) is 2.51. The van der Waals surface area contributed by atoms with Gasteiger partial charge in [-0.25, -0.2) is 0 Å². The zero-order valence-corrected chi connectivity index (χ0v) is 25.4. The van der Waals surface area contributed by atoms with Crippen molar-refractivity contribution in [3.05, 3.63) is 152 Å². The van der Waals surface area contributed by atoms with Crippen LogP contribution in [0.2, 0.25) is 0 Å². The fourth-order valence-electron chi connectivity index (χ4n) is 6.17. The Balaban J connectivity index is 0.00000160. The maximum atomic E-state index is 2.51. The Hall–Kier alpha value is -2.31. The Morgan fingerprint density at radius 1 is 0.595 bits per heavy atom. The minimum atomic E-state index is -2.63. The molecule has 0 spiro atoms. The maximum Gasteiger partial charge on any atom is -1.00 e. The average molecular weight is 601 g/mol. The van der Waals surface area contributed by atoms with Gasteiger partial charge < -0.3 is 24.8 Å². The van der Waals surface area contributed by atoms with Gasteiger partial charge in [0, 0.05) is 0 Å². The van der Waals surface area contributed by atoms with Crippen LogP contribution in [-0.4, -0.2) is 3.21 Å². The predicted octanol–water partition coefficient (Wildman–Crippen LogP) is 2.52. The van der Waals surface area contributed by atoms with E-state index < -0.39 is 21.3 Å². The molecule has 2 aliphatic rings. The van der Waals surface area contributed by atoms with Crippen LogP contribution in [0, 0.1) is 5.92 Å². The van der Waals surface area contributed by atoms with Crippen LogP contribution in [0.5, 0.6) is 0 Å². The molecule has 3 heteroatoms. The van der Waals surface area contributed by atoms with Gasteiger partial charge in [-0.3, -0.25) is 0 Å². The van der Waals surface area contributed by atoms with E-state index in [9.17, 15) is 0 Å². The molecule has 184 valence electrons. The van der Waals surface area contributed by atoms with Crippen molar-refractivity contribution in [3.8, 4) is 11.1 Å². The third-order valence-electron chi connectivity index (χ3n) is 7.76. The molecule has 1 atom stereocenters. The number of allylic oxidation sites excluding steroid dienone is 4. The molecule has 0 saturated carbocycles. The molecule has 0 N–H and O–H groups in total. The molecule has 0 fully saturated rings. The average Bonchev–Trinajstić information content (AvgIpc) is 3.36. The molecule has 0 aliphatic heterocycles. The van der Waals surface area contributed by atoms with Crippen LogP contribution in [0.25, 0.3) is 11.1 Å². The summed E-state index contributed by atoms with van der Waals surface area (Å²) in [4.78, 5) is 0. The van der Waals surface area contributed by atoms with Crippen LogP contribution >= 0.6 is 0 Å². The van der Waals surface area contributed by atoms with Gasteiger partial charge in [0.05, 0.1) is 0 Å². The summed E-state index contributed by atoms with van der Waals surface area (Å²) in [5.74, 6) is 0.492. The summed E-state index contributed by atoms with van der Waals surface area (Å²) < 4.78 is 3.84. The Morgan fingerprint density at radius 2 is 1.03 bits per heavy atom. The number of rotatable bonds is 4. The van der Waals surface area contributed by atoms with Crippen molar-refractivity contribution in [2.45, 2.75) is 24.4 Å². The van der Waals surface area contributed by atoms with Gasteiger partial charge in [0.15, 0.2) is 0 Å². The fraction of sp³-hybridized carbons (Fsp3) is 0.147. The molecule has 0 nitrogen and oxygen atoms in total. The summed E-state index contributed by atoms with van der Waals surface area (Å²) in [6.45, 7) is 7.11. The Kier molecular flexibility index (Phi) is 8.70. The van der Waals surface area contributed by atoms with Gasteiger partial charge in [-0.05, 0) is 0 Å². The zero-order chi connectivity index (χ0) is 23.9. The van der Waals surface area contributed by atoms with Gasteiger partial charge in [-0.15, -0.1) is 0 Å². The first-order chi connectivity index (χ1) is 17.1. The van der Waals surface area contributed by atoms with Crippen LogP contribution in [0.4, 0.5) is 0 Å². The quantitative estimate of drug-likeness (QED) is 0.338. The molecule has 4 aromatic rings. The van der Waals surface area contributed by atoms with E-state index in [4.69, 9.17) is 0 Å². The van der Waals surface area contributed by atoms with E-state index in [1.165, 1.54) is 44.5 Å². The second kappa shape index (κ2) is 11.6. The largest absolute Gasteiger partial charge is 1.00 e. The minimum Gasteiger partial charge on any atom is -1.00 e. The van der Waals surface area contributed by atoms with Crippen LogP contribution in [0.1, 0.15) is 46.7 Å². The summed E-state index contributed by atoms with van der Waals surface area (Å²) in [6, 6.07) is 40.8. The molecule has 4 aromatic carbocycles. The standard InChI is InChI=1S/C13H9.C13H10.C8H11.2ClH.Zr/c1-3-7-12-10(5-1)9-11-6-2-4-8-13(11)12;1-3-7-12(8-4-1)11-13-9-5-2-6-10-13;1-6-4-7(2)8(3)5-6;;;/h1-9H;1-10H;4,6H,1-3H3;2*1H;/q;;;;;+2/p-2. The summed E-state index contributed by atoms with van der Waals surface area (Å²) in [7, 11) is 0. The van der Waals surface area contributed by atoms with Crippen LogP contribution in [0.3, 0.4) is 0 Å². The van der Waals surface area contributed by atoms with E-state index in [1.807, 2.05) is 0 Å². The van der Waals surface area contributed by atoms with Gasteiger partial charge in [0.2, 0.25) is 0 Å². The molecule has 1 unspecified atom stereocenters. The van der Waals surface area contributed by atoms with Crippen molar-refractivity contribution in [1.29, 1.82) is 0 Å². The second-order valence-corrected chi connectivity index (χ2v) is 15.8. The van der Waals surface area contributed by atoms with Gasteiger partial charge in [0.25, 0.3) is 0 Å². The van der Waals surface area contributed by atoms with E-state index in [1.54, 1.807) is 6.49 Å². The van der Waals surface area contributed by atoms with Crippen LogP contribution in [0.15, 0.2) is 130 Å². The number of hydrogen-bond donors (Lipinski definition) is 0. The van der Waals surface area contributed by atoms with E-state index in [-0.39, 0.29) is 24.8 Å². The van der Waals surface area contributed by atoms with Crippen molar-refractivity contribution >= 4 is 3.21 Å². The van der Waals surface area contributed by atoms with Crippen molar-refractivity contribution in [2.75, 3.05) is 0 Å². The SMILES string of the molecule is CC1=CC(C)[C]([Zr+2](=[C](c2ccccc2)c2ccccc2)[CH]2c3ccccc3-c3ccccc32)=C1C.[Cl-].[Cl-]. The smallest absolute Gasteiger partial charge is 1.00 e. The first kappa shape index (κ1) is 27.7. The molecular weight excluding hydrogens is 571 g/mol. The van der Waals surface area contributed by atoms with Gasteiger partial charge in [-0.1, -0.05) is 0 Å². The fourth-order valence-corrected chi connectivity index (χ4v) is 16.3. The first-order valence-corrected chi connectivity index (χ1v) is 16.5. The summed E-state index contributed by atoms with van der Waals surface area (Å²) >= 11 is -2.63. The molecule has 2 aliphatic carbocycles. The van der Waals surface area contributed by atoms with Crippen LogP contribution in [-0.2, 0) is 21.3 Å². The van der Waals surface area contributed by atoms with Crippen molar-refractivity contribution in [3.63, 3.8) is 0 Å². The number of halogens is 2. The first-order valence-electron chi connectivity index (χ1n) is 12.6. The molecule has 0 aromatic heterocycles. The normalized spacial score (nSPS) is 15.5. The number of benzene rings is 4. The number of fused-ring (bicyclic) bond motifs is 3. The van der Waals surface area contributed by atoms with E-state index in [2.05, 4.69) is 136 Å². The van der Waals surface area contributed by atoms with Gasteiger partial charge >= 0.3 is 218 Å². The van der Waals surface area contributed by atoms with E-state index in [0.717, 1.165) is 0 Å². The molecule has 0 amide bonds. The van der Waals surface area contributed by atoms with E-state index in [0.29, 0.717) is 9.54 Å².